The van der Waals surface area contributed by atoms with E-state index in [1.54, 1.807) is 20.8 Å². The van der Waals surface area contributed by atoms with Crippen LogP contribution in [0.4, 0.5) is 0 Å². The molecule has 0 fully saturated rings. The van der Waals surface area contributed by atoms with E-state index in [2.05, 4.69) is 4.74 Å². The van der Waals surface area contributed by atoms with Crippen molar-refractivity contribution in [2.24, 2.45) is 0 Å². The summed E-state index contributed by atoms with van der Waals surface area (Å²) in [5.74, 6) is -0.788. The van der Waals surface area contributed by atoms with E-state index >= 15 is 0 Å². The lowest BCUT2D eigenvalue weighted by Gasteiger charge is -2.20. The van der Waals surface area contributed by atoms with Crippen LogP contribution in [0, 0.1) is 0 Å². The summed E-state index contributed by atoms with van der Waals surface area (Å²) in [7, 11) is -3.61. The van der Waals surface area contributed by atoms with E-state index in [-0.39, 0.29) is 19.8 Å². The van der Waals surface area contributed by atoms with Gasteiger partial charge in [0, 0.05) is 0 Å². The molecule has 0 aromatic rings. The molecule has 90 valence electrons. The van der Waals surface area contributed by atoms with Gasteiger partial charge in [0.05, 0.1) is 19.8 Å². The SMILES string of the molecule is CCOC(=O)[C@H](Cl)P(=O)(OCC)OCC. The van der Waals surface area contributed by atoms with E-state index in [4.69, 9.17) is 20.6 Å². The van der Waals surface area contributed by atoms with Gasteiger partial charge in [0.1, 0.15) is 0 Å². The lowest BCUT2D eigenvalue weighted by atomic mass is 10.7. The Morgan fingerprint density at radius 1 is 1.20 bits per heavy atom. The van der Waals surface area contributed by atoms with Crippen LogP contribution in [0.25, 0.3) is 0 Å². The lowest BCUT2D eigenvalue weighted by molar-refractivity contribution is -0.141. The molecule has 0 aliphatic rings. The lowest BCUT2D eigenvalue weighted by Crippen LogP contribution is -2.20. The number of carbonyl (C=O) groups excluding carboxylic acids is 1. The molecule has 0 bridgehead atoms. The Hall–Kier alpha value is -0.0900. The molecule has 0 saturated carbocycles. The molecule has 0 aromatic carbocycles. The van der Waals surface area contributed by atoms with Crippen molar-refractivity contribution >= 4 is 25.2 Å². The molecule has 0 aromatic heterocycles. The Morgan fingerprint density at radius 3 is 2.00 bits per heavy atom. The summed E-state index contributed by atoms with van der Waals surface area (Å²) in [6.07, 6.45) is 0. The normalized spacial score (nSPS) is 13.6. The first-order valence-corrected chi connectivity index (χ1v) is 6.76. The standard InChI is InChI=1S/C8H16ClO5P/c1-4-12-8(10)7(9)15(11,13-5-2)14-6-3/h7H,4-6H2,1-3H3/t7-/m1/s1. The summed E-state index contributed by atoms with van der Waals surface area (Å²) in [6, 6.07) is 0. The van der Waals surface area contributed by atoms with Gasteiger partial charge in [0.15, 0.2) is 0 Å². The first-order valence-electron chi connectivity index (χ1n) is 4.71. The average Bonchev–Trinajstić information content (AvgIpc) is 2.17. The molecule has 0 amide bonds. The molecule has 5 nitrogen and oxygen atoms in total. The molecule has 0 aliphatic carbocycles. The van der Waals surface area contributed by atoms with Gasteiger partial charge in [-0.1, -0.05) is 11.6 Å². The topological polar surface area (TPSA) is 61.8 Å². The zero-order valence-electron chi connectivity index (χ0n) is 9.07. The minimum absolute atomic E-state index is 0.153. The summed E-state index contributed by atoms with van der Waals surface area (Å²) in [5, 5.41) is -1.41. The fourth-order valence-corrected chi connectivity index (χ4v) is 2.66. The van der Waals surface area contributed by atoms with Gasteiger partial charge < -0.3 is 13.8 Å². The Kier molecular flexibility index (Phi) is 7.18. The minimum Gasteiger partial charge on any atom is -0.464 e. The zero-order chi connectivity index (χ0) is 11.9. The number of alkyl halides is 1. The first-order chi connectivity index (χ1) is 7.01. The number of carbonyl (C=O) groups is 1. The highest BCUT2D eigenvalue weighted by Gasteiger charge is 2.40. The van der Waals surface area contributed by atoms with Crippen molar-refractivity contribution in [1.82, 2.24) is 0 Å². The number of hydrogen-bond acceptors (Lipinski definition) is 5. The second kappa shape index (κ2) is 7.23. The molecule has 0 rings (SSSR count). The highest BCUT2D eigenvalue weighted by molar-refractivity contribution is 7.57. The molecular weight excluding hydrogens is 243 g/mol. The van der Waals surface area contributed by atoms with Crippen LogP contribution in [0.3, 0.4) is 0 Å². The molecule has 1 atom stereocenters. The van der Waals surface area contributed by atoms with Crippen LogP contribution in [-0.4, -0.2) is 30.9 Å². The second-order valence-corrected chi connectivity index (χ2v) is 5.32. The van der Waals surface area contributed by atoms with Crippen molar-refractivity contribution in [3.05, 3.63) is 0 Å². The predicted octanol–water partition coefficient (Wildman–Crippen LogP) is 2.38. The van der Waals surface area contributed by atoms with E-state index in [1.807, 2.05) is 0 Å². The zero-order valence-corrected chi connectivity index (χ0v) is 10.7. The summed E-state index contributed by atoms with van der Waals surface area (Å²) in [5.41, 5.74) is 0. The fourth-order valence-electron chi connectivity index (χ4n) is 0.868. The van der Waals surface area contributed by atoms with Crippen LogP contribution >= 0.6 is 19.2 Å². The largest absolute Gasteiger partial charge is 0.464 e. The minimum atomic E-state index is -3.61. The second-order valence-electron chi connectivity index (χ2n) is 2.46. The fraction of sp³-hybridized carbons (Fsp3) is 0.875. The van der Waals surface area contributed by atoms with Crippen LogP contribution in [0.15, 0.2) is 0 Å². The Morgan fingerprint density at radius 2 is 1.67 bits per heavy atom. The number of esters is 1. The van der Waals surface area contributed by atoms with Gasteiger partial charge in [0.2, 0.25) is 5.12 Å². The molecule has 0 saturated heterocycles. The molecule has 0 aliphatic heterocycles. The van der Waals surface area contributed by atoms with Crippen LogP contribution in [0.5, 0.6) is 0 Å². The van der Waals surface area contributed by atoms with E-state index < -0.39 is 18.7 Å². The van der Waals surface area contributed by atoms with Gasteiger partial charge in [-0.3, -0.25) is 4.57 Å². The summed E-state index contributed by atoms with van der Waals surface area (Å²) >= 11 is 5.69. The maximum Gasteiger partial charge on any atom is 0.359 e. The molecule has 0 N–H and O–H groups in total. The summed E-state index contributed by atoms with van der Waals surface area (Å²) in [6.45, 7) is 5.38. The van der Waals surface area contributed by atoms with Gasteiger partial charge in [-0.05, 0) is 20.8 Å². The van der Waals surface area contributed by atoms with E-state index in [1.165, 1.54) is 0 Å². The smallest absolute Gasteiger partial charge is 0.359 e. The van der Waals surface area contributed by atoms with E-state index in [9.17, 15) is 9.36 Å². The van der Waals surface area contributed by atoms with Crippen LogP contribution in [0.1, 0.15) is 20.8 Å². The van der Waals surface area contributed by atoms with Crippen molar-refractivity contribution in [3.8, 4) is 0 Å². The maximum absolute atomic E-state index is 12.0. The number of hydrogen-bond donors (Lipinski definition) is 0. The third-order valence-electron chi connectivity index (χ3n) is 1.38. The third-order valence-corrected chi connectivity index (χ3v) is 4.27. The van der Waals surface area contributed by atoms with Gasteiger partial charge in [-0.2, -0.15) is 0 Å². The highest BCUT2D eigenvalue weighted by atomic mass is 35.5. The van der Waals surface area contributed by atoms with Crippen molar-refractivity contribution in [2.45, 2.75) is 25.9 Å². The van der Waals surface area contributed by atoms with Gasteiger partial charge in [-0.15, -0.1) is 0 Å². The first kappa shape index (κ1) is 14.9. The van der Waals surface area contributed by atoms with Gasteiger partial charge in [0.25, 0.3) is 0 Å². The predicted molar refractivity (Wildman–Crippen MR) is 57.1 cm³/mol. The molecule has 0 radical (unpaired) electrons. The number of halogens is 1. The third kappa shape index (κ3) is 4.51. The molecular formula is C8H16ClO5P. The van der Waals surface area contributed by atoms with Crippen LogP contribution in [0.2, 0.25) is 0 Å². The van der Waals surface area contributed by atoms with E-state index in [0.717, 1.165) is 0 Å². The Labute approximate surface area is 94.6 Å². The summed E-state index contributed by atoms with van der Waals surface area (Å²) < 4.78 is 26.4. The molecule has 0 unspecified atom stereocenters. The van der Waals surface area contributed by atoms with Gasteiger partial charge in [-0.25, -0.2) is 4.79 Å². The average molecular weight is 259 g/mol. The van der Waals surface area contributed by atoms with Crippen molar-refractivity contribution in [3.63, 3.8) is 0 Å². The van der Waals surface area contributed by atoms with Crippen molar-refractivity contribution in [1.29, 1.82) is 0 Å². The Balaban J connectivity index is 4.60. The number of rotatable bonds is 7. The molecule has 7 heteroatoms. The monoisotopic (exact) mass is 258 g/mol. The van der Waals surface area contributed by atoms with Crippen LogP contribution in [-0.2, 0) is 23.1 Å². The molecule has 0 heterocycles. The van der Waals surface area contributed by atoms with Crippen LogP contribution < -0.4 is 0 Å². The quantitative estimate of drug-likeness (QED) is 0.399. The number of ether oxygens (including phenoxy) is 1. The summed E-state index contributed by atoms with van der Waals surface area (Å²) in [4.78, 5) is 11.3. The van der Waals surface area contributed by atoms with Crippen molar-refractivity contribution in [2.75, 3.05) is 19.8 Å². The maximum atomic E-state index is 12.0. The van der Waals surface area contributed by atoms with Gasteiger partial charge >= 0.3 is 13.6 Å². The molecule has 15 heavy (non-hydrogen) atoms. The van der Waals surface area contributed by atoms with Crippen molar-refractivity contribution < 1.29 is 23.1 Å². The van der Waals surface area contributed by atoms with E-state index in [0.29, 0.717) is 0 Å². The highest BCUT2D eigenvalue weighted by Crippen LogP contribution is 2.55. The Bertz CT molecular complexity index is 235. The molecule has 0 spiro atoms.